The lowest BCUT2D eigenvalue weighted by Gasteiger charge is -2.26. The number of carboxylic acids is 1. The maximum Gasteiger partial charge on any atom is 0.306 e. The molecule has 19 heavy (non-hydrogen) atoms. The lowest BCUT2D eigenvalue weighted by atomic mass is 9.89. The van der Waals surface area contributed by atoms with Gasteiger partial charge in [-0.25, -0.2) is 0 Å². The summed E-state index contributed by atoms with van der Waals surface area (Å²) in [5.74, 6) is -0.111. The normalized spacial score (nSPS) is 23.1. The van der Waals surface area contributed by atoms with Gasteiger partial charge < -0.3 is 10.0 Å². The van der Waals surface area contributed by atoms with Crippen LogP contribution in [0.4, 0.5) is 0 Å². The first-order valence-corrected chi connectivity index (χ1v) is 8.17. The highest BCUT2D eigenvalue weighted by atomic mass is 32.2. The zero-order valence-corrected chi connectivity index (χ0v) is 12.7. The van der Waals surface area contributed by atoms with Gasteiger partial charge in [-0.2, -0.15) is 0 Å². The molecule has 0 aliphatic heterocycles. The molecule has 0 aromatic heterocycles. The van der Waals surface area contributed by atoms with Crippen LogP contribution in [0.15, 0.2) is 0 Å². The summed E-state index contributed by atoms with van der Waals surface area (Å²) in [6.07, 6.45) is 5.52. The second-order valence-electron chi connectivity index (χ2n) is 5.29. The van der Waals surface area contributed by atoms with E-state index in [0.29, 0.717) is 11.0 Å². The number of hydrogen-bond acceptors (Lipinski definition) is 3. The van der Waals surface area contributed by atoms with Crippen LogP contribution in [0, 0.1) is 5.92 Å². The lowest BCUT2D eigenvalue weighted by molar-refractivity contribution is -0.142. The molecule has 5 heteroatoms. The maximum absolute atomic E-state index is 11.9. The van der Waals surface area contributed by atoms with Crippen LogP contribution in [0.3, 0.4) is 0 Å². The van der Waals surface area contributed by atoms with Crippen LogP contribution >= 0.6 is 11.8 Å². The van der Waals surface area contributed by atoms with E-state index in [2.05, 4.69) is 6.92 Å². The molecular formula is C14H25NO3S. The number of aliphatic carboxylic acids is 1. The van der Waals surface area contributed by atoms with Crippen LogP contribution in [0.2, 0.25) is 0 Å². The van der Waals surface area contributed by atoms with Gasteiger partial charge in [-0.05, 0) is 32.1 Å². The molecule has 110 valence electrons. The van der Waals surface area contributed by atoms with Crippen LogP contribution in [-0.4, -0.2) is 46.5 Å². The fourth-order valence-electron chi connectivity index (χ4n) is 2.30. The standard InChI is InChI=1S/C14H25NO3S/c1-3-4-9-15(2)13(16)10-19-12-7-5-11(6-8-12)14(17)18/h11-12H,3-10H2,1-2H3,(H,17,18). The van der Waals surface area contributed by atoms with Crippen molar-refractivity contribution in [1.82, 2.24) is 4.90 Å². The molecule has 0 unspecified atom stereocenters. The van der Waals surface area contributed by atoms with Crippen molar-refractivity contribution in [3.05, 3.63) is 0 Å². The Hall–Kier alpha value is -0.710. The minimum atomic E-state index is -0.668. The molecule has 0 aromatic carbocycles. The second-order valence-corrected chi connectivity index (χ2v) is 6.58. The maximum atomic E-state index is 11.9. The summed E-state index contributed by atoms with van der Waals surface area (Å²) in [6.45, 7) is 2.95. The van der Waals surface area contributed by atoms with Crippen molar-refractivity contribution in [3.8, 4) is 0 Å². The van der Waals surface area contributed by atoms with E-state index in [0.717, 1.165) is 45.1 Å². The third kappa shape index (κ3) is 5.85. The average molecular weight is 287 g/mol. The van der Waals surface area contributed by atoms with Gasteiger partial charge in [0, 0.05) is 18.8 Å². The summed E-state index contributed by atoms with van der Waals surface area (Å²) in [4.78, 5) is 24.5. The van der Waals surface area contributed by atoms with Crippen LogP contribution in [0.1, 0.15) is 45.4 Å². The molecule has 1 amide bonds. The number of nitrogens with zero attached hydrogens (tertiary/aromatic N) is 1. The van der Waals surface area contributed by atoms with E-state index in [4.69, 9.17) is 5.11 Å². The van der Waals surface area contributed by atoms with Gasteiger partial charge in [-0.3, -0.25) is 9.59 Å². The van der Waals surface area contributed by atoms with Crippen LogP contribution in [0.25, 0.3) is 0 Å². The van der Waals surface area contributed by atoms with Gasteiger partial charge in [0.15, 0.2) is 0 Å². The Morgan fingerprint density at radius 1 is 1.26 bits per heavy atom. The second kappa shape index (κ2) is 8.46. The molecule has 0 heterocycles. The number of amides is 1. The van der Waals surface area contributed by atoms with Gasteiger partial charge in [0.2, 0.25) is 5.91 Å². The summed E-state index contributed by atoms with van der Waals surface area (Å²) in [6, 6.07) is 0. The first-order valence-electron chi connectivity index (χ1n) is 7.13. The van der Waals surface area contributed by atoms with Gasteiger partial charge in [0.25, 0.3) is 0 Å². The van der Waals surface area contributed by atoms with Gasteiger partial charge in [0.05, 0.1) is 11.7 Å². The van der Waals surface area contributed by atoms with E-state index < -0.39 is 5.97 Å². The Morgan fingerprint density at radius 2 is 1.89 bits per heavy atom. The zero-order chi connectivity index (χ0) is 14.3. The third-order valence-electron chi connectivity index (χ3n) is 3.74. The first kappa shape index (κ1) is 16.3. The van der Waals surface area contributed by atoms with Crippen molar-refractivity contribution < 1.29 is 14.7 Å². The Bertz CT molecular complexity index is 301. The van der Waals surface area contributed by atoms with Crippen LogP contribution in [-0.2, 0) is 9.59 Å². The number of rotatable bonds is 7. The smallest absolute Gasteiger partial charge is 0.306 e. The molecule has 0 spiro atoms. The molecule has 1 aliphatic carbocycles. The molecule has 1 rings (SSSR count). The van der Waals surface area contributed by atoms with Crippen LogP contribution in [0.5, 0.6) is 0 Å². The van der Waals surface area contributed by atoms with E-state index in [1.165, 1.54) is 0 Å². The highest BCUT2D eigenvalue weighted by Gasteiger charge is 2.26. The molecule has 1 N–H and O–H groups in total. The first-order chi connectivity index (χ1) is 9.04. The van der Waals surface area contributed by atoms with Crippen LogP contribution < -0.4 is 0 Å². The molecule has 0 radical (unpaired) electrons. The summed E-state index contributed by atoms with van der Waals surface area (Å²) < 4.78 is 0. The fourth-order valence-corrected chi connectivity index (χ4v) is 3.50. The molecule has 1 saturated carbocycles. The van der Waals surface area contributed by atoms with Gasteiger partial charge in [0.1, 0.15) is 0 Å². The van der Waals surface area contributed by atoms with Crippen molar-refractivity contribution in [1.29, 1.82) is 0 Å². The third-order valence-corrected chi connectivity index (χ3v) is 5.10. The quantitative estimate of drug-likeness (QED) is 0.782. The fraction of sp³-hybridized carbons (Fsp3) is 0.857. The summed E-state index contributed by atoms with van der Waals surface area (Å²) in [5, 5.41) is 9.39. The molecule has 0 saturated heterocycles. The number of carboxylic acid groups (broad SMARTS) is 1. The molecule has 0 aromatic rings. The summed E-state index contributed by atoms with van der Waals surface area (Å²) in [7, 11) is 1.86. The average Bonchev–Trinajstić information content (AvgIpc) is 2.42. The molecule has 4 nitrogen and oxygen atoms in total. The Balaban J connectivity index is 2.19. The van der Waals surface area contributed by atoms with Gasteiger partial charge in [-0.1, -0.05) is 13.3 Å². The van der Waals surface area contributed by atoms with Crippen molar-refractivity contribution in [2.24, 2.45) is 5.92 Å². The summed E-state index contributed by atoms with van der Waals surface area (Å²) in [5.41, 5.74) is 0. The predicted octanol–water partition coefficient (Wildman–Crippen LogP) is 2.62. The lowest BCUT2D eigenvalue weighted by Crippen LogP contribution is -2.30. The number of thioether (sulfide) groups is 1. The Labute approximate surface area is 119 Å². The molecular weight excluding hydrogens is 262 g/mol. The Morgan fingerprint density at radius 3 is 2.42 bits per heavy atom. The summed E-state index contributed by atoms with van der Waals surface area (Å²) >= 11 is 1.70. The molecule has 0 bridgehead atoms. The monoisotopic (exact) mass is 287 g/mol. The highest BCUT2D eigenvalue weighted by Crippen LogP contribution is 2.32. The molecule has 1 fully saturated rings. The van der Waals surface area contributed by atoms with E-state index in [9.17, 15) is 9.59 Å². The van der Waals surface area contributed by atoms with Crippen molar-refractivity contribution in [3.63, 3.8) is 0 Å². The number of unbranched alkanes of at least 4 members (excludes halogenated alkanes) is 1. The molecule has 0 atom stereocenters. The number of carbonyl (C=O) groups excluding carboxylic acids is 1. The van der Waals surface area contributed by atoms with Crippen molar-refractivity contribution in [2.75, 3.05) is 19.3 Å². The SMILES string of the molecule is CCCCN(C)C(=O)CSC1CCC(C(=O)O)CC1. The van der Waals surface area contributed by atoms with E-state index >= 15 is 0 Å². The minimum Gasteiger partial charge on any atom is -0.481 e. The van der Waals surface area contributed by atoms with Gasteiger partial charge in [-0.15, -0.1) is 11.8 Å². The largest absolute Gasteiger partial charge is 0.481 e. The topological polar surface area (TPSA) is 57.6 Å². The van der Waals surface area contributed by atoms with E-state index in [-0.39, 0.29) is 11.8 Å². The number of hydrogen-bond donors (Lipinski definition) is 1. The van der Waals surface area contributed by atoms with Gasteiger partial charge >= 0.3 is 5.97 Å². The zero-order valence-electron chi connectivity index (χ0n) is 11.9. The molecule has 1 aliphatic rings. The predicted molar refractivity (Wildman–Crippen MR) is 78.4 cm³/mol. The Kier molecular flexibility index (Phi) is 7.28. The van der Waals surface area contributed by atoms with Crippen molar-refractivity contribution >= 4 is 23.6 Å². The minimum absolute atomic E-state index is 0.167. The van der Waals surface area contributed by atoms with E-state index in [1.807, 2.05) is 7.05 Å². The van der Waals surface area contributed by atoms with Crippen molar-refractivity contribution in [2.45, 2.75) is 50.7 Å². The number of carbonyl (C=O) groups is 2. The highest BCUT2D eigenvalue weighted by molar-refractivity contribution is 8.00. The van der Waals surface area contributed by atoms with E-state index in [1.54, 1.807) is 16.7 Å².